The quantitative estimate of drug-likeness (QED) is 0.410. The van der Waals surface area contributed by atoms with Gasteiger partial charge in [0, 0.05) is 27.0 Å². The number of carbonyl (C=O) groups excluding carboxylic acids is 1. The summed E-state index contributed by atoms with van der Waals surface area (Å²) in [5.74, 6) is -0.336. The number of carbonyl (C=O) groups is 1. The SMILES string of the molecule is O=C1c2ccccc2P(=O)(c2ccccc2)c2cccc(B(O)O)c21. The minimum atomic E-state index is -3.29. The third-order valence-electron chi connectivity index (χ3n) is 4.53. The minimum absolute atomic E-state index is 0.0770. The molecule has 0 aromatic heterocycles. The molecule has 4 nitrogen and oxygen atoms in total. The number of benzene rings is 3. The zero-order valence-electron chi connectivity index (χ0n) is 13.2. The van der Waals surface area contributed by atoms with Crippen LogP contribution in [0.25, 0.3) is 0 Å². The van der Waals surface area contributed by atoms with E-state index in [4.69, 9.17) is 0 Å². The highest BCUT2D eigenvalue weighted by molar-refractivity contribution is 7.85. The molecule has 6 heteroatoms. The molecule has 0 fully saturated rings. The van der Waals surface area contributed by atoms with Crippen LogP contribution in [0.1, 0.15) is 15.9 Å². The number of rotatable bonds is 2. The summed E-state index contributed by atoms with van der Waals surface area (Å²) in [6.07, 6.45) is 0. The Morgan fingerprint density at radius 3 is 2.12 bits per heavy atom. The molecule has 3 aromatic rings. The standard InChI is InChI=1S/C19H14BO4P/c21-19-14-9-4-5-11-16(14)25(24,13-7-2-1-3-8-13)17-12-6-10-15(18(17)19)20(22)23/h1-12,22-23H. The molecule has 0 bridgehead atoms. The third-order valence-corrected chi connectivity index (χ3v) is 7.67. The second-order valence-corrected chi connectivity index (χ2v) is 8.60. The molecule has 3 aromatic carbocycles. The minimum Gasteiger partial charge on any atom is -0.423 e. The van der Waals surface area contributed by atoms with Gasteiger partial charge in [0.1, 0.15) is 0 Å². The Morgan fingerprint density at radius 1 is 0.760 bits per heavy atom. The summed E-state index contributed by atoms with van der Waals surface area (Å²) in [6, 6.07) is 20.5. The zero-order chi connectivity index (χ0) is 17.6. The van der Waals surface area contributed by atoms with Crippen molar-refractivity contribution >= 4 is 41.4 Å². The Bertz CT molecular complexity index is 1030. The van der Waals surface area contributed by atoms with E-state index < -0.39 is 14.3 Å². The molecule has 122 valence electrons. The van der Waals surface area contributed by atoms with Crippen molar-refractivity contribution in [1.29, 1.82) is 0 Å². The summed E-state index contributed by atoms with van der Waals surface area (Å²) in [4.78, 5) is 13.0. The Hall–Kier alpha value is -2.46. The molecule has 0 spiro atoms. The summed E-state index contributed by atoms with van der Waals surface area (Å²) >= 11 is 0. The Labute approximate surface area is 145 Å². The van der Waals surface area contributed by atoms with Crippen molar-refractivity contribution in [2.75, 3.05) is 0 Å². The lowest BCUT2D eigenvalue weighted by atomic mass is 9.75. The lowest BCUT2D eigenvalue weighted by molar-refractivity contribution is 0.104. The van der Waals surface area contributed by atoms with E-state index >= 15 is 0 Å². The van der Waals surface area contributed by atoms with Crippen molar-refractivity contribution in [1.82, 2.24) is 0 Å². The first-order valence-electron chi connectivity index (χ1n) is 7.84. The number of ketones is 1. The fourth-order valence-electron chi connectivity index (χ4n) is 3.40. The van der Waals surface area contributed by atoms with Crippen LogP contribution in [0.15, 0.2) is 72.8 Å². The van der Waals surface area contributed by atoms with Gasteiger partial charge in [0.05, 0.1) is 0 Å². The summed E-state index contributed by atoms with van der Waals surface area (Å²) in [5.41, 5.74) is 0.548. The van der Waals surface area contributed by atoms with Crippen LogP contribution in [-0.2, 0) is 4.57 Å². The van der Waals surface area contributed by atoms with E-state index in [2.05, 4.69) is 0 Å². The number of hydrogen-bond donors (Lipinski definition) is 2. The molecule has 0 saturated carbocycles. The maximum absolute atomic E-state index is 14.3. The lowest BCUT2D eigenvalue weighted by Gasteiger charge is -2.29. The second-order valence-electron chi connectivity index (χ2n) is 5.91. The summed E-state index contributed by atoms with van der Waals surface area (Å²) in [5, 5.41) is 20.9. The van der Waals surface area contributed by atoms with Crippen LogP contribution in [0.3, 0.4) is 0 Å². The van der Waals surface area contributed by atoms with E-state index in [1.54, 1.807) is 60.7 Å². The first kappa shape index (κ1) is 16.0. The van der Waals surface area contributed by atoms with E-state index in [0.717, 1.165) is 0 Å². The van der Waals surface area contributed by atoms with Crippen LogP contribution in [0.2, 0.25) is 0 Å². The largest absolute Gasteiger partial charge is 0.489 e. The van der Waals surface area contributed by atoms with Crippen molar-refractivity contribution < 1.29 is 19.4 Å². The van der Waals surface area contributed by atoms with E-state index in [0.29, 0.717) is 21.5 Å². The van der Waals surface area contributed by atoms with Crippen LogP contribution in [0.4, 0.5) is 0 Å². The fourth-order valence-corrected chi connectivity index (χ4v) is 6.46. The maximum atomic E-state index is 14.3. The molecular formula is C19H14BO4P. The van der Waals surface area contributed by atoms with Crippen molar-refractivity contribution in [2.45, 2.75) is 0 Å². The summed E-state index contributed by atoms with van der Waals surface area (Å²) in [7, 11) is -5.10. The molecule has 1 aliphatic heterocycles. The van der Waals surface area contributed by atoms with E-state index in [9.17, 15) is 19.4 Å². The fraction of sp³-hybridized carbons (Fsp3) is 0. The molecule has 0 saturated heterocycles. The molecule has 0 aliphatic carbocycles. The van der Waals surface area contributed by atoms with Gasteiger partial charge in [-0.1, -0.05) is 72.8 Å². The van der Waals surface area contributed by atoms with E-state index in [1.807, 2.05) is 6.07 Å². The van der Waals surface area contributed by atoms with E-state index in [-0.39, 0.29) is 16.8 Å². The number of hydrogen-bond acceptors (Lipinski definition) is 4. The van der Waals surface area contributed by atoms with Crippen molar-refractivity contribution in [3.05, 3.63) is 83.9 Å². The van der Waals surface area contributed by atoms with Crippen LogP contribution in [-0.4, -0.2) is 22.9 Å². The Balaban J connectivity index is 2.15. The van der Waals surface area contributed by atoms with Gasteiger partial charge >= 0.3 is 7.12 Å². The molecule has 1 unspecified atom stereocenters. The monoisotopic (exact) mass is 348 g/mol. The molecule has 1 aliphatic rings. The third kappa shape index (κ3) is 2.25. The molecular weight excluding hydrogens is 334 g/mol. The van der Waals surface area contributed by atoms with E-state index in [1.165, 1.54) is 6.07 Å². The topological polar surface area (TPSA) is 74.6 Å². The number of fused-ring (bicyclic) bond motifs is 2. The normalized spacial score (nSPS) is 18.4. The first-order valence-corrected chi connectivity index (χ1v) is 9.55. The molecule has 4 rings (SSSR count). The second kappa shape index (κ2) is 5.82. The van der Waals surface area contributed by atoms with Gasteiger partial charge in [-0.15, -0.1) is 0 Å². The summed E-state index contributed by atoms with van der Waals surface area (Å²) in [6.45, 7) is 0. The molecule has 0 amide bonds. The average Bonchev–Trinajstić information content (AvgIpc) is 2.66. The molecule has 1 heterocycles. The molecule has 2 N–H and O–H groups in total. The Kier molecular flexibility index (Phi) is 3.73. The average molecular weight is 348 g/mol. The van der Waals surface area contributed by atoms with Crippen LogP contribution < -0.4 is 21.4 Å². The maximum Gasteiger partial charge on any atom is 0.489 e. The van der Waals surface area contributed by atoms with Crippen LogP contribution in [0, 0.1) is 0 Å². The van der Waals surface area contributed by atoms with Gasteiger partial charge < -0.3 is 14.6 Å². The van der Waals surface area contributed by atoms with Gasteiger partial charge in [0.2, 0.25) is 0 Å². The van der Waals surface area contributed by atoms with Crippen LogP contribution >= 0.6 is 7.14 Å². The molecule has 25 heavy (non-hydrogen) atoms. The highest BCUT2D eigenvalue weighted by Gasteiger charge is 2.42. The van der Waals surface area contributed by atoms with Crippen molar-refractivity contribution in [3.63, 3.8) is 0 Å². The van der Waals surface area contributed by atoms with Gasteiger partial charge in [0.15, 0.2) is 12.9 Å². The highest BCUT2D eigenvalue weighted by atomic mass is 31.2. The van der Waals surface area contributed by atoms with Crippen molar-refractivity contribution in [3.8, 4) is 0 Å². The van der Waals surface area contributed by atoms with Crippen molar-refractivity contribution in [2.24, 2.45) is 0 Å². The zero-order valence-corrected chi connectivity index (χ0v) is 14.1. The van der Waals surface area contributed by atoms with Gasteiger partial charge in [-0.2, -0.15) is 0 Å². The predicted molar refractivity (Wildman–Crippen MR) is 99.1 cm³/mol. The first-order chi connectivity index (χ1) is 12.0. The lowest BCUT2D eigenvalue weighted by Crippen LogP contribution is -2.45. The summed E-state index contributed by atoms with van der Waals surface area (Å²) < 4.78 is 14.3. The molecule has 1 atom stereocenters. The van der Waals surface area contributed by atoms with Gasteiger partial charge in [-0.05, 0) is 5.46 Å². The predicted octanol–water partition coefficient (Wildman–Crippen LogP) is 0.550. The van der Waals surface area contributed by atoms with Gasteiger partial charge in [0.25, 0.3) is 0 Å². The smallest absolute Gasteiger partial charge is 0.423 e. The van der Waals surface area contributed by atoms with Crippen LogP contribution in [0.5, 0.6) is 0 Å². The molecule has 0 radical (unpaired) electrons. The Morgan fingerprint density at radius 2 is 1.40 bits per heavy atom. The van der Waals surface area contributed by atoms with Gasteiger partial charge in [-0.3, -0.25) is 4.79 Å². The van der Waals surface area contributed by atoms with Gasteiger partial charge in [-0.25, -0.2) is 0 Å². The highest BCUT2D eigenvalue weighted by Crippen LogP contribution is 2.46.